The molecule has 5 heteroatoms. The lowest BCUT2D eigenvalue weighted by atomic mass is 10.1. The summed E-state index contributed by atoms with van der Waals surface area (Å²) in [6, 6.07) is 4.65. The lowest BCUT2D eigenvalue weighted by Gasteiger charge is -2.16. The van der Waals surface area contributed by atoms with E-state index in [0.717, 1.165) is 16.5 Å². The zero-order valence-corrected chi connectivity index (χ0v) is 12.6. The van der Waals surface area contributed by atoms with Crippen LogP contribution in [0, 0.1) is 5.82 Å². The Morgan fingerprint density at radius 3 is 3.00 bits per heavy atom. The van der Waals surface area contributed by atoms with Gasteiger partial charge in [0.05, 0.1) is 5.70 Å². The van der Waals surface area contributed by atoms with Crippen molar-refractivity contribution in [3.63, 3.8) is 0 Å². The van der Waals surface area contributed by atoms with Gasteiger partial charge >= 0.3 is 0 Å². The van der Waals surface area contributed by atoms with E-state index in [2.05, 4.69) is 28.8 Å². The summed E-state index contributed by atoms with van der Waals surface area (Å²) in [6.07, 6.45) is 4.12. The van der Waals surface area contributed by atoms with Gasteiger partial charge in [-0.15, -0.1) is 6.58 Å². The quantitative estimate of drug-likeness (QED) is 0.544. The largest absolute Gasteiger partial charge is 0.378 e. The molecule has 0 saturated heterocycles. The third-order valence-corrected chi connectivity index (χ3v) is 3.36. The van der Waals surface area contributed by atoms with E-state index in [1.54, 1.807) is 12.1 Å². The molecule has 1 amide bonds. The highest BCUT2D eigenvalue weighted by atomic mass is 19.1. The topological polar surface area (TPSA) is 56.9 Å². The number of fused-ring (bicyclic) bond motifs is 1. The highest BCUT2D eigenvalue weighted by Gasteiger charge is 2.12. The molecule has 22 heavy (non-hydrogen) atoms. The van der Waals surface area contributed by atoms with Crippen LogP contribution in [0.25, 0.3) is 10.9 Å². The summed E-state index contributed by atoms with van der Waals surface area (Å²) >= 11 is 0. The van der Waals surface area contributed by atoms with Crippen LogP contribution in [0.3, 0.4) is 0 Å². The Kier molecular flexibility index (Phi) is 4.99. The molecule has 116 valence electrons. The second kappa shape index (κ2) is 6.93. The molecule has 0 saturated carbocycles. The van der Waals surface area contributed by atoms with Crippen LogP contribution < -0.4 is 10.6 Å². The highest BCUT2D eigenvalue weighted by Crippen LogP contribution is 2.20. The number of nitrogens with one attached hydrogen (secondary N) is 3. The second-order valence-electron chi connectivity index (χ2n) is 5.23. The van der Waals surface area contributed by atoms with Crippen LogP contribution in [0.5, 0.6) is 0 Å². The predicted octanol–water partition coefficient (Wildman–Crippen LogP) is 2.64. The first kappa shape index (κ1) is 15.8. The van der Waals surface area contributed by atoms with E-state index in [9.17, 15) is 9.18 Å². The lowest BCUT2D eigenvalue weighted by Crippen LogP contribution is -2.36. The number of halogens is 1. The minimum Gasteiger partial charge on any atom is -0.378 e. The zero-order valence-electron chi connectivity index (χ0n) is 12.6. The molecule has 2 rings (SSSR count). The van der Waals surface area contributed by atoms with Gasteiger partial charge in [0.1, 0.15) is 5.82 Å². The fraction of sp³-hybridized carbons (Fsp3) is 0.235. The Bertz CT molecular complexity index is 705. The van der Waals surface area contributed by atoms with Gasteiger partial charge in [-0.1, -0.05) is 12.7 Å². The number of benzene rings is 1. The van der Waals surface area contributed by atoms with Crippen molar-refractivity contribution in [2.45, 2.75) is 19.4 Å². The van der Waals surface area contributed by atoms with E-state index in [4.69, 9.17) is 0 Å². The fourth-order valence-electron chi connectivity index (χ4n) is 2.33. The first-order valence-electron chi connectivity index (χ1n) is 7.11. The Morgan fingerprint density at radius 2 is 2.27 bits per heavy atom. The van der Waals surface area contributed by atoms with Crippen molar-refractivity contribution in [3.05, 3.63) is 60.7 Å². The number of carbonyl (C=O) groups excluding carboxylic acids is 1. The number of hydrogen-bond acceptors (Lipinski definition) is 2. The van der Waals surface area contributed by atoms with E-state index in [1.165, 1.54) is 12.1 Å². The molecule has 1 atom stereocenters. The van der Waals surface area contributed by atoms with Crippen LogP contribution in [0.4, 0.5) is 4.39 Å². The minimum atomic E-state index is -0.262. The summed E-state index contributed by atoms with van der Waals surface area (Å²) in [5.41, 5.74) is 2.19. The summed E-state index contributed by atoms with van der Waals surface area (Å²) in [5.74, 6) is -0.515. The Hall–Kier alpha value is -2.56. The lowest BCUT2D eigenvalue weighted by molar-refractivity contribution is -0.117. The maximum Gasteiger partial charge on any atom is 0.266 e. The Morgan fingerprint density at radius 1 is 1.50 bits per heavy atom. The summed E-state index contributed by atoms with van der Waals surface area (Å²) in [6.45, 7) is 9.61. The molecule has 1 aromatic heterocycles. The Balaban J connectivity index is 2.00. The van der Waals surface area contributed by atoms with Crippen LogP contribution in [0.1, 0.15) is 12.5 Å². The molecule has 4 nitrogen and oxygen atoms in total. The number of H-pyrrole nitrogens is 1. The van der Waals surface area contributed by atoms with Crippen molar-refractivity contribution in [2.75, 3.05) is 6.54 Å². The van der Waals surface area contributed by atoms with Crippen molar-refractivity contribution < 1.29 is 9.18 Å². The Labute approximate surface area is 129 Å². The number of carbonyl (C=O) groups is 1. The number of aromatic nitrogens is 1. The predicted molar refractivity (Wildman–Crippen MR) is 86.9 cm³/mol. The summed E-state index contributed by atoms with van der Waals surface area (Å²) in [4.78, 5) is 14.8. The number of aromatic amines is 1. The first-order chi connectivity index (χ1) is 10.5. The van der Waals surface area contributed by atoms with Gasteiger partial charge in [0.15, 0.2) is 0 Å². The number of hydrogen-bond donors (Lipinski definition) is 3. The molecule has 0 aliphatic carbocycles. The second-order valence-corrected chi connectivity index (χ2v) is 5.23. The molecule has 0 spiro atoms. The average molecular weight is 301 g/mol. The maximum absolute atomic E-state index is 13.4. The van der Waals surface area contributed by atoms with Gasteiger partial charge in [0.25, 0.3) is 5.91 Å². The molecule has 3 N–H and O–H groups in total. The minimum absolute atomic E-state index is 0.00996. The molecule has 0 aliphatic rings. The first-order valence-corrected chi connectivity index (χ1v) is 7.11. The van der Waals surface area contributed by atoms with E-state index >= 15 is 0 Å². The fourth-order valence-corrected chi connectivity index (χ4v) is 2.33. The molecular formula is C17H20FN3O. The van der Waals surface area contributed by atoms with Crippen LogP contribution in [0.2, 0.25) is 0 Å². The van der Waals surface area contributed by atoms with Gasteiger partial charge in [-0.3, -0.25) is 4.79 Å². The number of amides is 1. The van der Waals surface area contributed by atoms with Crippen LogP contribution in [0.15, 0.2) is 49.3 Å². The number of rotatable bonds is 7. The summed E-state index contributed by atoms with van der Waals surface area (Å²) in [7, 11) is 0. The summed E-state index contributed by atoms with van der Waals surface area (Å²) < 4.78 is 13.4. The molecule has 0 bridgehead atoms. The van der Waals surface area contributed by atoms with E-state index < -0.39 is 0 Å². The third kappa shape index (κ3) is 3.75. The maximum atomic E-state index is 13.4. The molecular weight excluding hydrogens is 281 g/mol. The van der Waals surface area contributed by atoms with Crippen LogP contribution >= 0.6 is 0 Å². The van der Waals surface area contributed by atoms with E-state index in [0.29, 0.717) is 18.7 Å². The average Bonchev–Trinajstić information content (AvgIpc) is 2.86. The van der Waals surface area contributed by atoms with Crippen molar-refractivity contribution >= 4 is 16.8 Å². The highest BCUT2D eigenvalue weighted by molar-refractivity contribution is 5.92. The van der Waals surface area contributed by atoms with Crippen LogP contribution in [-0.4, -0.2) is 23.5 Å². The van der Waals surface area contributed by atoms with Gasteiger partial charge in [-0.05, 0) is 37.1 Å². The molecule has 0 radical (unpaired) electrons. The van der Waals surface area contributed by atoms with E-state index in [-0.39, 0.29) is 17.8 Å². The molecule has 0 fully saturated rings. The molecule has 1 heterocycles. The van der Waals surface area contributed by atoms with Crippen molar-refractivity contribution in [1.82, 2.24) is 15.6 Å². The van der Waals surface area contributed by atoms with Gasteiger partial charge in [-0.2, -0.15) is 0 Å². The zero-order chi connectivity index (χ0) is 16.1. The van der Waals surface area contributed by atoms with Gasteiger partial charge < -0.3 is 15.6 Å². The van der Waals surface area contributed by atoms with E-state index in [1.807, 2.05) is 13.1 Å². The summed E-state index contributed by atoms with van der Waals surface area (Å²) in [5, 5.41) is 6.57. The van der Waals surface area contributed by atoms with Crippen molar-refractivity contribution in [1.29, 1.82) is 0 Å². The van der Waals surface area contributed by atoms with Gasteiger partial charge in [0.2, 0.25) is 0 Å². The van der Waals surface area contributed by atoms with Gasteiger partial charge in [0, 0.05) is 29.7 Å². The SMILES string of the molecule is C=CCNC(=O)C(=C)NC(C)Cc1c[nH]c2ccc(F)cc12. The van der Waals surface area contributed by atoms with Crippen molar-refractivity contribution in [3.8, 4) is 0 Å². The third-order valence-electron chi connectivity index (χ3n) is 3.36. The standard InChI is InChI=1S/C17H20FN3O/c1-4-7-19-17(22)12(3)21-11(2)8-13-10-20-16-6-5-14(18)9-15(13)16/h4-6,9-11,20-21H,1,3,7-8H2,2H3,(H,19,22). The molecule has 1 unspecified atom stereocenters. The van der Waals surface area contributed by atoms with Crippen molar-refractivity contribution in [2.24, 2.45) is 0 Å². The smallest absolute Gasteiger partial charge is 0.266 e. The van der Waals surface area contributed by atoms with Crippen LogP contribution in [-0.2, 0) is 11.2 Å². The molecule has 2 aromatic rings. The molecule has 1 aromatic carbocycles. The monoisotopic (exact) mass is 301 g/mol. The van der Waals surface area contributed by atoms with Gasteiger partial charge in [-0.25, -0.2) is 4.39 Å². The molecule has 0 aliphatic heterocycles. The normalized spacial score (nSPS) is 11.9.